The predicted octanol–water partition coefficient (Wildman–Crippen LogP) is 1.97. The van der Waals surface area contributed by atoms with Gasteiger partial charge in [0, 0.05) is 7.11 Å². The molecule has 0 aliphatic carbocycles. The van der Waals surface area contributed by atoms with Gasteiger partial charge in [-0.2, -0.15) is 4.98 Å². The number of para-hydroxylation sites is 1. The van der Waals surface area contributed by atoms with Crippen LogP contribution < -0.4 is 20.9 Å². The number of halogens is 1. The van der Waals surface area contributed by atoms with E-state index in [4.69, 9.17) is 36.1 Å². The molecule has 0 amide bonds. The summed E-state index contributed by atoms with van der Waals surface area (Å²) >= 11 is 5.65. The quantitative estimate of drug-likeness (QED) is 0.169. The van der Waals surface area contributed by atoms with E-state index in [2.05, 4.69) is 20.0 Å². The summed E-state index contributed by atoms with van der Waals surface area (Å²) in [5.74, 6) is -3.05. The van der Waals surface area contributed by atoms with Gasteiger partial charge in [-0.15, -0.1) is 0 Å². The first-order chi connectivity index (χ1) is 18.3. The van der Waals surface area contributed by atoms with Crippen LogP contribution in [0.5, 0.6) is 5.75 Å². The fourth-order valence-electron chi connectivity index (χ4n) is 3.52. The number of nitrogens with one attached hydrogen (secondary N) is 2. The number of aromatic amines is 1. The number of imidazole rings is 1. The summed E-state index contributed by atoms with van der Waals surface area (Å²) in [6.45, 7) is 2.08. The molecule has 0 aliphatic heterocycles. The summed E-state index contributed by atoms with van der Waals surface area (Å²) in [5.41, 5.74) is 4.60. The van der Waals surface area contributed by atoms with Gasteiger partial charge in [0.2, 0.25) is 11.7 Å². The van der Waals surface area contributed by atoms with Crippen molar-refractivity contribution in [3.05, 3.63) is 47.0 Å². The molecule has 1 aromatic carbocycles. The number of aliphatic hydroxyl groups excluding tert-OH is 1. The number of esters is 1. The third-order valence-electron chi connectivity index (χ3n) is 5.53. The lowest BCUT2D eigenvalue weighted by molar-refractivity contribution is -0.149. The molecule has 0 aliphatic rings. The fraction of sp³-hybridized carbons (Fsp3) is 0.478. The number of hydrogen-bond acceptors (Lipinski definition) is 11. The molecule has 2 aromatic heterocycles. The van der Waals surface area contributed by atoms with Crippen LogP contribution in [0, 0.1) is 0 Å². The Morgan fingerprint density at radius 3 is 2.62 bits per heavy atom. The SMILES string of the molecule is CO[C@H](COP(=S)(N[C@H](C)C(=O)OC(C)C)Oc1ccccc1)[C@@H](O)C(C)(F)n1cnc2c(=O)[nH]c(N)nc21. The molecule has 0 bridgehead atoms. The number of fused-ring (bicyclic) bond motifs is 1. The lowest BCUT2D eigenvalue weighted by Gasteiger charge is -2.34. The number of aliphatic hydroxyl groups is 1. The maximum Gasteiger partial charge on any atom is 0.323 e. The Morgan fingerprint density at radius 2 is 2.00 bits per heavy atom. The highest BCUT2D eigenvalue weighted by molar-refractivity contribution is 8.09. The minimum absolute atomic E-state index is 0.163. The standard InChI is InChI=1S/C23H32FN6O7PS/c1-13(2)36-21(33)14(3)29-38(39,37-15-9-7-6-8-10-15)35-11-16(34-5)18(31)23(4,24)30-12-26-17-19(30)27-22(25)28-20(17)32/h6-10,12-14,16,18,31H,11H2,1-5H3,(H,29,39)(H3,25,27,28,32)/t14-,16-,18-,23?,38?/m1/s1. The number of alkyl halides is 1. The lowest BCUT2D eigenvalue weighted by atomic mass is 10.0. The number of nitrogens with two attached hydrogens (primary N) is 1. The lowest BCUT2D eigenvalue weighted by Crippen LogP contribution is -2.48. The van der Waals surface area contributed by atoms with E-state index in [1.165, 1.54) is 14.0 Å². The highest BCUT2D eigenvalue weighted by atomic mass is 32.5. The first kappa shape index (κ1) is 30.6. The van der Waals surface area contributed by atoms with Gasteiger partial charge in [0.15, 0.2) is 11.2 Å². The summed E-state index contributed by atoms with van der Waals surface area (Å²) in [6, 6.07) is 7.62. The van der Waals surface area contributed by atoms with Crippen LogP contribution in [0.25, 0.3) is 11.2 Å². The zero-order valence-corrected chi connectivity index (χ0v) is 23.7. The highest BCUT2D eigenvalue weighted by Gasteiger charge is 2.43. The molecule has 16 heteroatoms. The number of carbonyl (C=O) groups excluding carboxylic acids is 1. The second-order valence-electron chi connectivity index (χ2n) is 9.01. The molecule has 0 radical (unpaired) electrons. The highest BCUT2D eigenvalue weighted by Crippen LogP contribution is 2.46. The van der Waals surface area contributed by atoms with Crippen LogP contribution in [0.4, 0.5) is 10.3 Å². The fourth-order valence-corrected chi connectivity index (χ4v) is 5.94. The summed E-state index contributed by atoms with van der Waals surface area (Å²) in [4.78, 5) is 34.6. The summed E-state index contributed by atoms with van der Waals surface area (Å²) < 4.78 is 39.4. The molecule has 5 N–H and O–H groups in total. The van der Waals surface area contributed by atoms with Crippen molar-refractivity contribution in [3.63, 3.8) is 0 Å². The van der Waals surface area contributed by atoms with Crippen molar-refractivity contribution >= 4 is 41.5 Å². The van der Waals surface area contributed by atoms with Gasteiger partial charge >= 0.3 is 12.6 Å². The number of hydrogen-bond donors (Lipinski definition) is 4. The van der Waals surface area contributed by atoms with Gasteiger partial charge in [-0.25, -0.2) is 14.5 Å². The number of nitrogens with zero attached hydrogens (tertiary/aromatic N) is 3. The van der Waals surface area contributed by atoms with Crippen molar-refractivity contribution < 1.29 is 32.8 Å². The average Bonchev–Trinajstić information content (AvgIpc) is 3.29. The van der Waals surface area contributed by atoms with E-state index < -0.39 is 48.8 Å². The molecule has 3 rings (SSSR count). The van der Waals surface area contributed by atoms with E-state index in [9.17, 15) is 14.7 Å². The van der Waals surface area contributed by atoms with Crippen molar-refractivity contribution in [2.24, 2.45) is 0 Å². The number of ether oxygens (including phenoxy) is 2. The normalized spacial score (nSPS) is 17.2. The van der Waals surface area contributed by atoms with Crippen LogP contribution in [-0.4, -0.2) is 68.7 Å². The summed E-state index contributed by atoms with van der Waals surface area (Å²) in [6.07, 6.45) is -2.50. The Morgan fingerprint density at radius 1 is 1.33 bits per heavy atom. The molecular weight excluding hydrogens is 554 g/mol. The largest absolute Gasteiger partial charge is 0.462 e. The molecule has 0 saturated carbocycles. The van der Waals surface area contributed by atoms with Gasteiger partial charge in [0.05, 0.1) is 19.0 Å². The molecule has 0 saturated heterocycles. The van der Waals surface area contributed by atoms with Crippen LogP contribution in [0.2, 0.25) is 0 Å². The molecule has 0 spiro atoms. The third kappa shape index (κ3) is 7.38. The monoisotopic (exact) mass is 586 g/mol. The molecule has 0 fully saturated rings. The van der Waals surface area contributed by atoms with Gasteiger partial charge < -0.3 is 29.4 Å². The predicted molar refractivity (Wildman–Crippen MR) is 145 cm³/mol. The number of benzene rings is 1. The zero-order chi connectivity index (χ0) is 29.0. The average molecular weight is 587 g/mol. The second-order valence-corrected chi connectivity index (χ2v) is 12.2. The van der Waals surface area contributed by atoms with Crippen LogP contribution in [-0.2, 0) is 36.4 Å². The number of H-pyrrole nitrogens is 1. The maximum absolute atomic E-state index is 16.1. The molecule has 2 heterocycles. The topological polar surface area (TPSA) is 176 Å². The van der Waals surface area contributed by atoms with Crippen LogP contribution in [0.1, 0.15) is 27.7 Å². The van der Waals surface area contributed by atoms with Gasteiger partial charge in [-0.1, -0.05) is 18.2 Å². The molecule has 2 unspecified atom stereocenters. The number of methoxy groups -OCH3 is 1. The first-order valence-electron chi connectivity index (χ1n) is 11.9. The minimum atomic E-state index is -3.49. The van der Waals surface area contributed by atoms with Crippen LogP contribution in [0.15, 0.2) is 41.5 Å². The van der Waals surface area contributed by atoms with E-state index in [0.29, 0.717) is 5.75 Å². The molecule has 13 nitrogen and oxygen atoms in total. The zero-order valence-electron chi connectivity index (χ0n) is 22.0. The minimum Gasteiger partial charge on any atom is -0.462 e. The molecule has 214 valence electrons. The van der Waals surface area contributed by atoms with E-state index in [-0.39, 0.29) is 23.2 Å². The second kappa shape index (κ2) is 12.5. The Balaban J connectivity index is 1.84. The van der Waals surface area contributed by atoms with Crippen LogP contribution >= 0.6 is 6.64 Å². The molecule has 5 atom stereocenters. The van der Waals surface area contributed by atoms with Gasteiger partial charge in [-0.05, 0) is 51.6 Å². The van der Waals surface area contributed by atoms with E-state index >= 15 is 4.39 Å². The number of nitrogen functional groups attached to an aromatic ring is 1. The van der Waals surface area contributed by atoms with Crippen molar-refractivity contribution in [2.45, 2.75) is 57.8 Å². The van der Waals surface area contributed by atoms with Gasteiger partial charge in [0.25, 0.3) is 5.56 Å². The van der Waals surface area contributed by atoms with Gasteiger partial charge in [0.1, 0.15) is 24.0 Å². The van der Waals surface area contributed by atoms with Crippen molar-refractivity contribution in [1.29, 1.82) is 0 Å². The molecule has 39 heavy (non-hydrogen) atoms. The first-order valence-corrected chi connectivity index (χ1v) is 14.5. The van der Waals surface area contributed by atoms with E-state index in [0.717, 1.165) is 17.8 Å². The Hall–Kier alpha value is -2.94. The van der Waals surface area contributed by atoms with E-state index in [1.54, 1.807) is 44.2 Å². The molecular formula is C23H32FN6O7PS. The smallest absolute Gasteiger partial charge is 0.323 e. The molecule has 3 aromatic rings. The number of carbonyl (C=O) groups is 1. The van der Waals surface area contributed by atoms with Crippen molar-refractivity contribution in [2.75, 3.05) is 19.5 Å². The number of rotatable bonds is 13. The summed E-state index contributed by atoms with van der Waals surface area (Å²) in [5, 5.41) is 13.9. The third-order valence-corrected chi connectivity index (χ3v) is 8.03. The van der Waals surface area contributed by atoms with Crippen LogP contribution in [0.3, 0.4) is 0 Å². The summed E-state index contributed by atoms with van der Waals surface area (Å²) in [7, 11) is 1.25. The number of anilines is 1. The van der Waals surface area contributed by atoms with Gasteiger partial charge in [-0.3, -0.25) is 19.1 Å². The van der Waals surface area contributed by atoms with Crippen molar-refractivity contribution in [3.8, 4) is 5.75 Å². The van der Waals surface area contributed by atoms with Crippen molar-refractivity contribution in [1.82, 2.24) is 24.6 Å². The Labute approximate surface area is 229 Å². The van der Waals surface area contributed by atoms with E-state index in [1.807, 2.05) is 0 Å². The maximum atomic E-state index is 16.1. The Bertz CT molecular complexity index is 1390. The Kier molecular flexibility index (Phi) is 9.80. The number of aromatic nitrogens is 4.